The van der Waals surface area contributed by atoms with Crippen LogP contribution in [0.3, 0.4) is 0 Å². The van der Waals surface area contributed by atoms with Crippen molar-refractivity contribution < 1.29 is 9.13 Å². The Balaban J connectivity index is 1.29. The molecule has 1 aromatic carbocycles. The molecule has 2 fully saturated rings. The number of anilines is 2. The molecule has 3 atom stereocenters. The third-order valence-electron chi connectivity index (χ3n) is 6.17. The zero-order valence-electron chi connectivity index (χ0n) is 17.4. The molecule has 1 aliphatic heterocycles. The predicted octanol–water partition coefficient (Wildman–Crippen LogP) is 4.43. The van der Waals surface area contributed by atoms with Crippen molar-refractivity contribution in [3.63, 3.8) is 0 Å². The van der Waals surface area contributed by atoms with E-state index < -0.39 is 0 Å². The summed E-state index contributed by atoms with van der Waals surface area (Å²) in [5.41, 5.74) is 1.48. The van der Waals surface area contributed by atoms with Crippen molar-refractivity contribution in [2.75, 3.05) is 23.3 Å². The number of nitrogens with one attached hydrogen (secondary N) is 1. The number of nitrogens with zero attached hydrogens (tertiary/aromatic N) is 5. The van der Waals surface area contributed by atoms with Gasteiger partial charge in [0, 0.05) is 36.9 Å². The maximum Gasteiger partial charge on any atom is 0.321 e. The first kappa shape index (κ1) is 20.1. The number of hydrogen-bond donors (Lipinski definition) is 1. The SMILES string of the molecule is Cc1cc(N2C[C@H]3CC[C@@H](C2)C3Nc2nc(Oc3cccc(Cl)c3)n(C)n2)c(F)cn1. The van der Waals surface area contributed by atoms with E-state index in [1.807, 2.05) is 25.1 Å². The van der Waals surface area contributed by atoms with Crippen LogP contribution in [0.25, 0.3) is 0 Å². The smallest absolute Gasteiger partial charge is 0.321 e. The minimum atomic E-state index is -0.259. The standard InChI is InChI=1S/C22H24ClFN6O/c1-13-8-19(18(24)10-25-13)30-11-14-6-7-15(12-30)20(14)26-21-27-22(29(2)28-21)31-17-5-3-4-16(23)9-17/h3-5,8-10,14-15,20H,6-7,11-12H2,1-2H3,(H,26,28)/t14-,15+,20?. The molecule has 2 aromatic heterocycles. The summed E-state index contributed by atoms with van der Waals surface area (Å²) in [6.07, 6.45) is 3.52. The van der Waals surface area contributed by atoms with Gasteiger partial charge in [-0.15, -0.1) is 5.10 Å². The number of aromatic nitrogens is 4. The molecule has 1 unspecified atom stereocenters. The zero-order chi connectivity index (χ0) is 21.5. The summed E-state index contributed by atoms with van der Waals surface area (Å²) >= 11 is 6.03. The number of piperidine rings is 1. The first-order valence-corrected chi connectivity index (χ1v) is 10.8. The molecule has 1 saturated carbocycles. The van der Waals surface area contributed by atoms with E-state index in [1.165, 1.54) is 6.20 Å². The molecular weight excluding hydrogens is 419 g/mol. The summed E-state index contributed by atoms with van der Waals surface area (Å²) in [7, 11) is 1.80. The first-order valence-electron chi connectivity index (χ1n) is 10.4. The minimum Gasteiger partial charge on any atom is -0.424 e. The van der Waals surface area contributed by atoms with Crippen LogP contribution in [0.15, 0.2) is 36.5 Å². The van der Waals surface area contributed by atoms with E-state index in [1.54, 1.807) is 23.9 Å². The van der Waals surface area contributed by atoms with Gasteiger partial charge in [0.15, 0.2) is 5.82 Å². The molecule has 0 amide bonds. The van der Waals surface area contributed by atoms with Crippen molar-refractivity contribution in [3.05, 3.63) is 53.1 Å². The van der Waals surface area contributed by atoms with Gasteiger partial charge in [-0.25, -0.2) is 9.07 Å². The lowest BCUT2D eigenvalue weighted by molar-refractivity contribution is 0.373. The highest BCUT2D eigenvalue weighted by Crippen LogP contribution is 2.40. The number of benzene rings is 1. The summed E-state index contributed by atoms with van der Waals surface area (Å²) in [4.78, 5) is 10.7. The molecule has 5 rings (SSSR count). The van der Waals surface area contributed by atoms with E-state index >= 15 is 0 Å². The first-order chi connectivity index (χ1) is 15.0. The van der Waals surface area contributed by atoms with Crippen LogP contribution in [0.5, 0.6) is 11.8 Å². The Morgan fingerprint density at radius 3 is 2.71 bits per heavy atom. The average Bonchev–Trinajstić information content (AvgIpc) is 3.17. The van der Waals surface area contributed by atoms with Crippen LogP contribution in [0.2, 0.25) is 5.02 Å². The maximum atomic E-state index is 14.4. The van der Waals surface area contributed by atoms with Crippen molar-refractivity contribution in [1.82, 2.24) is 19.7 Å². The van der Waals surface area contributed by atoms with Crippen LogP contribution in [-0.2, 0) is 7.05 Å². The third kappa shape index (κ3) is 4.04. The maximum absolute atomic E-state index is 14.4. The molecule has 1 saturated heterocycles. The van der Waals surface area contributed by atoms with Gasteiger partial charge in [-0.1, -0.05) is 17.7 Å². The summed E-state index contributed by atoms with van der Waals surface area (Å²) in [6, 6.07) is 9.66. The molecule has 2 bridgehead atoms. The fourth-order valence-corrected chi connectivity index (χ4v) is 4.91. The largest absolute Gasteiger partial charge is 0.424 e. The Kier molecular flexibility index (Phi) is 5.17. The summed E-state index contributed by atoms with van der Waals surface area (Å²) < 4.78 is 21.8. The molecule has 2 aliphatic rings. The van der Waals surface area contributed by atoms with Crippen LogP contribution < -0.4 is 15.0 Å². The van der Waals surface area contributed by atoms with Gasteiger partial charge < -0.3 is 15.0 Å². The van der Waals surface area contributed by atoms with Crippen LogP contribution >= 0.6 is 11.6 Å². The normalized spacial score (nSPS) is 22.6. The second-order valence-electron chi connectivity index (χ2n) is 8.35. The lowest BCUT2D eigenvalue weighted by atomic mass is 9.92. The van der Waals surface area contributed by atoms with Gasteiger partial charge >= 0.3 is 6.01 Å². The van der Waals surface area contributed by atoms with Crippen LogP contribution in [0, 0.1) is 24.6 Å². The third-order valence-corrected chi connectivity index (χ3v) is 6.41. The Morgan fingerprint density at radius 1 is 1.19 bits per heavy atom. The molecule has 1 N–H and O–H groups in total. The molecule has 0 spiro atoms. The van der Waals surface area contributed by atoms with Gasteiger partial charge in [0.2, 0.25) is 5.95 Å². The number of rotatable bonds is 5. The molecule has 31 heavy (non-hydrogen) atoms. The van der Waals surface area contributed by atoms with Crippen molar-refractivity contribution in [3.8, 4) is 11.8 Å². The van der Waals surface area contributed by atoms with Crippen molar-refractivity contribution in [2.45, 2.75) is 25.8 Å². The van der Waals surface area contributed by atoms with E-state index in [0.29, 0.717) is 40.3 Å². The molecule has 3 aromatic rings. The molecule has 3 heterocycles. The average molecular weight is 443 g/mol. The summed E-state index contributed by atoms with van der Waals surface area (Å²) in [5.74, 6) is 1.68. The van der Waals surface area contributed by atoms with Crippen LogP contribution in [-0.4, -0.2) is 38.9 Å². The molecule has 162 valence electrons. The van der Waals surface area contributed by atoms with Gasteiger partial charge in [-0.3, -0.25) is 4.98 Å². The Hall–Kier alpha value is -2.87. The number of ether oxygens (including phenoxy) is 1. The van der Waals surface area contributed by atoms with E-state index in [2.05, 4.69) is 25.3 Å². The minimum absolute atomic E-state index is 0.253. The molecule has 0 radical (unpaired) electrons. The van der Waals surface area contributed by atoms with Gasteiger partial charge in [-0.05, 0) is 55.9 Å². The quantitative estimate of drug-likeness (QED) is 0.630. The summed E-state index contributed by atoms with van der Waals surface area (Å²) in [6.45, 7) is 3.49. The van der Waals surface area contributed by atoms with E-state index in [-0.39, 0.29) is 11.9 Å². The number of fused-ring (bicyclic) bond motifs is 2. The molecule has 7 nitrogen and oxygen atoms in total. The van der Waals surface area contributed by atoms with Crippen LogP contribution in [0.1, 0.15) is 18.5 Å². The van der Waals surface area contributed by atoms with Gasteiger partial charge in [-0.2, -0.15) is 4.98 Å². The highest BCUT2D eigenvalue weighted by Gasteiger charge is 2.43. The zero-order valence-corrected chi connectivity index (χ0v) is 18.2. The van der Waals surface area contributed by atoms with Gasteiger partial charge in [0.25, 0.3) is 0 Å². The van der Waals surface area contributed by atoms with Crippen molar-refractivity contribution in [2.24, 2.45) is 18.9 Å². The molecular formula is C22H24ClFN6O. The highest BCUT2D eigenvalue weighted by molar-refractivity contribution is 6.30. The number of pyridine rings is 1. The fraction of sp³-hybridized carbons (Fsp3) is 0.409. The number of aryl methyl sites for hydroxylation is 2. The van der Waals surface area contributed by atoms with E-state index in [0.717, 1.165) is 31.6 Å². The Morgan fingerprint density at radius 2 is 1.97 bits per heavy atom. The van der Waals surface area contributed by atoms with Gasteiger partial charge in [0.05, 0.1) is 11.9 Å². The lowest BCUT2D eigenvalue weighted by Crippen LogP contribution is -2.48. The number of hydrogen-bond acceptors (Lipinski definition) is 6. The Bertz CT molecular complexity index is 1090. The van der Waals surface area contributed by atoms with Crippen molar-refractivity contribution in [1.29, 1.82) is 0 Å². The second-order valence-corrected chi connectivity index (χ2v) is 8.79. The monoisotopic (exact) mass is 442 g/mol. The van der Waals surface area contributed by atoms with E-state index in [9.17, 15) is 4.39 Å². The van der Waals surface area contributed by atoms with Crippen molar-refractivity contribution >= 4 is 23.2 Å². The second kappa shape index (κ2) is 8.00. The number of halogens is 2. The highest BCUT2D eigenvalue weighted by atomic mass is 35.5. The fourth-order valence-electron chi connectivity index (χ4n) is 4.73. The van der Waals surface area contributed by atoms with Gasteiger partial charge in [0.1, 0.15) is 5.75 Å². The molecule has 1 aliphatic carbocycles. The topological polar surface area (TPSA) is 68.1 Å². The summed E-state index contributed by atoms with van der Waals surface area (Å²) in [5, 5.41) is 8.59. The van der Waals surface area contributed by atoms with Crippen LogP contribution in [0.4, 0.5) is 16.0 Å². The predicted molar refractivity (Wildman–Crippen MR) is 117 cm³/mol. The van der Waals surface area contributed by atoms with E-state index in [4.69, 9.17) is 16.3 Å². The molecule has 9 heteroatoms. The Labute approximate surface area is 185 Å². The lowest BCUT2D eigenvalue weighted by Gasteiger charge is -2.39.